The Kier molecular flexibility index (Phi) is 6.95. The van der Waals surface area contributed by atoms with E-state index in [9.17, 15) is 9.59 Å². The zero-order valence-corrected chi connectivity index (χ0v) is 18.8. The number of nitrogens with one attached hydrogen (secondary N) is 1. The van der Waals surface area contributed by atoms with E-state index in [-0.39, 0.29) is 22.9 Å². The van der Waals surface area contributed by atoms with Crippen LogP contribution in [0.5, 0.6) is 0 Å². The number of thioether (sulfide) groups is 1. The highest BCUT2D eigenvalue weighted by Crippen LogP contribution is 2.30. The van der Waals surface area contributed by atoms with Crippen molar-refractivity contribution in [3.05, 3.63) is 59.1 Å². The molecule has 0 radical (unpaired) electrons. The van der Waals surface area contributed by atoms with Crippen LogP contribution in [0.15, 0.2) is 53.7 Å². The van der Waals surface area contributed by atoms with E-state index in [4.69, 9.17) is 11.6 Å². The number of carbonyl (C=O) groups is 2. The number of Topliss-reactive ketones (excluding diaryl/α,β-unsaturated/α-hetero) is 1. The highest BCUT2D eigenvalue weighted by Gasteiger charge is 2.21. The third-order valence-corrected chi connectivity index (χ3v) is 6.03. The van der Waals surface area contributed by atoms with E-state index in [0.717, 1.165) is 5.56 Å². The second-order valence-corrected chi connectivity index (χ2v) is 8.91. The average molecular weight is 443 g/mol. The topological polar surface area (TPSA) is 76.9 Å². The fourth-order valence-electron chi connectivity index (χ4n) is 2.75. The van der Waals surface area contributed by atoms with Gasteiger partial charge in [-0.1, -0.05) is 49.3 Å². The third-order valence-electron chi connectivity index (χ3n) is 4.56. The van der Waals surface area contributed by atoms with E-state index in [2.05, 4.69) is 15.5 Å². The molecule has 6 nitrogen and oxygen atoms in total. The van der Waals surface area contributed by atoms with Crippen molar-refractivity contribution >= 4 is 40.7 Å². The van der Waals surface area contributed by atoms with Gasteiger partial charge in [-0.3, -0.25) is 9.59 Å². The first-order valence-electron chi connectivity index (χ1n) is 9.54. The summed E-state index contributed by atoms with van der Waals surface area (Å²) >= 11 is 7.61. The number of rotatable bonds is 7. The maximum absolute atomic E-state index is 12.8. The van der Waals surface area contributed by atoms with Gasteiger partial charge in [0.15, 0.2) is 16.8 Å². The Morgan fingerprint density at radius 1 is 1.03 bits per heavy atom. The molecule has 2 aromatic carbocycles. The molecule has 1 heterocycles. The molecule has 1 unspecified atom stereocenters. The van der Waals surface area contributed by atoms with Crippen LogP contribution in [0.4, 0.5) is 5.69 Å². The van der Waals surface area contributed by atoms with Gasteiger partial charge in [-0.2, -0.15) is 0 Å². The number of amides is 1. The van der Waals surface area contributed by atoms with Gasteiger partial charge in [0.25, 0.3) is 0 Å². The van der Waals surface area contributed by atoms with Crippen LogP contribution in [0, 0.1) is 5.92 Å². The molecule has 3 aromatic rings. The Bertz CT molecular complexity index is 1060. The number of nitrogens with zero attached hydrogens (tertiary/aromatic N) is 3. The lowest BCUT2D eigenvalue weighted by molar-refractivity contribution is -0.118. The number of halogens is 1. The lowest BCUT2D eigenvalue weighted by Crippen LogP contribution is -2.18. The van der Waals surface area contributed by atoms with Crippen LogP contribution in [-0.4, -0.2) is 31.7 Å². The van der Waals surface area contributed by atoms with Crippen molar-refractivity contribution < 1.29 is 9.59 Å². The highest BCUT2D eigenvalue weighted by molar-refractivity contribution is 8.00. The number of hydrogen-bond donors (Lipinski definition) is 1. The van der Waals surface area contributed by atoms with Crippen LogP contribution in [-0.2, 0) is 11.8 Å². The summed E-state index contributed by atoms with van der Waals surface area (Å²) in [6, 6.07) is 14.4. The molecule has 1 atom stereocenters. The summed E-state index contributed by atoms with van der Waals surface area (Å²) in [4.78, 5) is 24.6. The van der Waals surface area contributed by atoms with Crippen molar-refractivity contribution in [2.45, 2.75) is 31.2 Å². The van der Waals surface area contributed by atoms with E-state index in [1.807, 2.05) is 50.6 Å². The first kappa shape index (κ1) is 22.1. The summed E-state index contributed by atoms with van der Waals surface area (Å²) in [5.41, 5.74) is 2.04. The van der Waals surface area contributed by atoms with Gasteiger partial charge in [-0.15, -0.1) is 10.2 Å². The largest absolute Gasteiger partial charge is 0.326 e. The van der Waals surface area contributed by atoms with E-state index in [1.165, 1.54) is 11.8 Å². The predicted octanol–water partition coefficient (Wildman–Crippen LogP) is 5.09. The summed E-state index contributed by atoms with van der Waals surface area (Å²) in [5, 5.41) is 12.2. The molecular formula is C22H23ClN4O2S. The van der Waals surface area contributed by atoms with Gasteiger partial charge in [-0.25, -0.2) is 0 Å². The molecule has 0 aliphatic heterocycles. The Morgan fingerprint density at radius 3 is 2.33 bits per heavy atom. The molecular weight excluding hydrogens is 420 g/mol. The Hall–Kier alpha value is -2.64. The van der Waals surface area contributed by atoms with E-state index < -0.39 is 0 Å². The van der Waals surface area contributed by atoms with Gasteiger partial charge in [-0.05, 0) is 43.3 Å². The fraction of sp³-hybridized carbons (Fsp3) is 0.273. The van der Waals surface area contributed by atoms with Crippen LogP contribution in [0.25, 0.3) is 11.4 Å². The Morgan fingerprint density at radius 2 is 1.70 bits per heavy atom. The van der Waals surface area contributed by atoms with Crippen LogP contribution in [0.1, 0.15) is 31.1 Å². The minimum Gasteiger partial charge on any atom is -0.326 e. The lowest BCUT2D eigenvalue weighted by atomic mass is 10.1. The summed E-state index contributed by atoms with van der Waals surface area (Å²) in [5.74, 6) is 0.455. The van der Waals surface area contributed by atoms with Gasteiger partial charge >= 0.3 is 0 Å². The Labute approximate surface area is 185 Å². The number of anilines is 1. The molecule has 0 aliphatic rings. The van der Waals surface area contributed by atoms with E-state index >= 15 is 0 Å². The van der Waals surface area contributed by atoms with Crippen molar-refractivity contribution in [3.63, 3.8) is 0 Å². The summed E-state index contributed by atoms with van der Waals surface area (Å²) in [6.07, 6.45) is 0. The van der Waals surface area contributed by atoms with E-state index in [0.29, 0.717) is 27.3 Å². The predicted molar refractivity (Wildman–Crippen MR) is 121 cm³/mol. The number of aromatic nitrogens is 3. The van der Waals surface area contributed by atoms with Crippen molar-refractivity contribution in [1.82, 2.24) is 14.8 Å². The number of hydrogen-bond acceptors (Lipinski definition) is 5. The molecule has 1 aromatic heterocycles. The molecule has 156 valence electrons. The summed E-state index contributed by atoms with van der Waals surface area (Å²) in [7, 11) is 1.85. The summed E-state index contributed by atoms with van der Waals surface area (Å²) < 4.78 is 1.83. The van der Waals surface area contributed by atoms with Gasteiger partial charge < -0.3 is 9.88 Å². The minimum absolute atomic E-state index is 0.0240. The average Bonchev–Trinajstić information content (AvgIpc) is 3.08. The van der Waals surface area contributed by atoms with Crippen LogP contribution < -0.4 is 5.32 Å². The maximum Gasteiger partial charge on any atom is 0.226 e. The van der Waals surface area contributed by atoms with Gasteiger partial charge in [0.2, 0.25) is 5.91 Å². The quantitative estimate of drug-likeness (QED) is 0.407. The van der Waals surface area contributed by atoms with Gasteiger partial charge in [0, 0.05) is 29.8 Å². The molecule has 0 aliphatic carbocycles. The first-order chi connectivity index (χ1) is 14.3. The van der Waals surface area contributed by atoms with Crippen LogP contribution in [0.3, 0.4) is 0 Å². The van der Waals surface area contributed by atoms with Crippen molar-refractivity contribution in [1.29, 1.82) is 0 Å². The van der Waals surface area contributed by atoms with Gasteiger partial charge in [0.05, 0.1) is 10.3 Å². The smallest absolute Gasteiger partial charge is 0.226 e. The molecule has 0 fully saturated rings. The second-order valence-electron chi connectivity index (χ2n) is 7.19. The Balaban J connectivity index is 1.71. The lowest BCUT2D eigenvalue weighted by Gasteiger charge is -2.12. The molecule has 3 rings (SSSR count). The standard InChI is InChI=1S/C22H23ClN4O2S/c1-13(2)21(29)24-16-11-9-15(10-12-16)19(28)14(3)30-22-26-25-20(27(22)4)17-7-5-6-8-18(17)23/h5-14H,1-4H3,(H,24,29). The zero-order chi connectivity index (χ0) is 21.8. The fourth-order valence-corrected chi connectivity index (χ4v) is 3.86. The van der Waals surface area contributed by atoms with Crippen LogP contribution >= 0.6 is 23.4 Å². The highest BCUT2D eigenvalue weighted by atomic mass is 35.5. The number of ketones is 1. The molecule has 1 N–H and O–H groups in total. The molecule has 0 saturated carbocycles. The maximum atomic E-state index is 12.8. The normalized spacial score (nSPS) is 12.1. The first-order valence-corrected chi connectivity index (χ1v) is 10.8. The molecule has 30 heavy (non-hydrogen) atoms. The van der Waals surface area contributed by atoms with Crippen molar-refractivity contribution in [2.75, 3.05) is 5.32 Å². The number of carbonyl (C=O) groups excluding carboxylic acids is 2. The van der Waals surface area contributed by atoms with Crippen LogP contribution in [0.2, 0.25) is 5.02 Å². The second kappa shape index (κ2) is 9.45. The zero-order valence-electron chi connectivity index (χ0n) is 17.2. The van der Waals surface area contributed by atoms with Crippen molar-refractivity contribution in [2.24, 2.45) is 13.0 Å². The molecule has 1 amide bonds. The minimum atomic E-state index is -0.358. The number of benzene rings is 2. The molecule has 0 spiro atoms. The summed E-state index contributed by atoms with van der Waals surface area (Å²) in [6.45, 7) is 5.50. The van der Waals surface area contributed by atoms with Crippen molar-refractivity contribution in [3.8, 4) is 11.4 Å². The molecule has 8 heteroatoms. The molecule has 0 bridgehead atoms. The van der Waals surface area contributed by atoms with Gasteiger partial charge in [0.1, 0.15) is 0 Å². The van der Waals surface area contributed by atoms with E-state index in [1.54, 1.807) is 30.3 Å². The monoisotopic (exact) mass is 442 g/mol. The third kappa shape index (κ3) is 4.91. The molecule has 0 saturated heterocycles. The SMILES string of the molecule is CC(C)C(=O)Nc1ccc(C(=O)C(C)Sc2nnc(-c3ccccc3Cl)n2C)cc1.